The second kappa shape index (κ2) is 9.61. The van der Waals surface area contributed by atoms with Crippen LogP contribution in [-0.2, 0) is 16.0 Å². The van der Waals surface area contributed by atoms with Crippen molar-refractivity contribution in [3.05, 3.63) is 41.6 Å². The van der Waals surface area contributed by atoms with E-state index in [1.54, 1.807) is 0 Å². The fourth-order valence-corrected chi connectivity index (χ4v) is 2.37. The first-order chi connectivity index (χ1) is 12.1. The first-order valence-corrected chi connectivity index (χ1v) is 8.71. The number of carbonyl (C=O) groups is 1. The molecule has 0 saturated carbocycles. The zero-order chi connectivity index (χ0) is 18.1. The molecule has 0 amide bonds. The molecule has 0 unspecified atom stereocenters. The summed E-state index contributed by atoms with van der Waals surface area (Å²) in [4.78, 5) is 20.5. The van der Waals surface area contributed by atoms with Crippen molar-refractivity contribution in [3.8, 4) is 0 Å². The third-order valence-electron chi connectivity index (χ3n) is 3.56. The van der Waals surface area contributed by atoms with Gasteiger partial charge in [-0.05, 0) is 45.7 Å². The van der Waals surface area contributed by atoms with Gasteiger partial charge in [-0.1, -0.05) is 17.7 Å². The predicted molar refractivity (Wildman–Crippen MR) is 100 cm³/mol. The molecule has 25 heavy (non-hydrogen) atoms. The molecule has 1 aromatic heterocycles. The van der Waals surface area contributed by atoms with Gasteiger partial charge in [0.25, 0.3) is 0 Å². The van der Waals surface area contributed by atoms with Crippen LogP contribution in [0.4, 0.5) is 17.5 Å². The van der Waals surface area contributed by atoms with Crippen LogP contribution >= 0.6 is 0 Å². The Kier molecular flexibility index (Phi) is 7.19. The SMILES string of the molecule is CCNc1cc(CCCC(=O)OCC)nc(Nc2ccc(C)cc2)n1. The average molecular weight is 342 g/mol. The Hall–Kier alpha value is -2.63. The predicted octanol–water partition coefficient (Wildman–Crippen LogP) is 3.85. The number of carbonyl (C=O) groups excluding carboxylic acids is 1. The first-order valence-electron chi connectivity index (χ1n) is 8.71. The number of hydrogen-bond donors (Lipinski definition) is 2. The summed E-state index contributed by atoms with van der Waals surface area (Å²) in [5.74, 6) is 1.16. The van der Waals surface area contributed by atoms with Crippen molar-refractivity contribution in [3.63, 3.8) is 0 Å². The van der Waals surface area contributed by atoms with E-state index in [-0.39, 0.29) is 5.97 Å². The van der Waals surface area contributed by atoms with E-state index in [0.717, 1.165) is 23.7 Å². The molecular formula is C19H26N4O2. The molecule has 0 bridgehead atoms. The molecule has 6 heteroatoms. The summed E-state index contributed by atoms with van der Waals surface area (Å²) in [7, 11) is 0. The van der Waals surface area contributed by atoms with Gasteiger partial charge in [0.2, 0.25) is 5.95 Å². The van der Waals surface area contributed by atoms with Crippen molar-refractivity contribution in [1.82, 2.24) is 9.97 Å². The van der Waals surface area contributed by atoms with Crippen LogP contribution < -0.4 is 10.6 Å². The average Bonchev–Trinajstić information content (AvgIpc) is 2.57. The van der Waals surface area contributed by atoms with Crippen molar-refractivity contribution >= 4 is 23.4 Å². The van der Waals surface area contributed by atoms with Crippen molar-refractivity contribution in [1.29, 1.82) is 0 Å². The van der Waals surface area contributed by atoms with Gasteiger partial charge in [0.15, 0.2) is 0 Å². The van der Waals surface area contributed by atoms with Gasteiger partial charge in [-0.15, -0.1) is 0 Å². The van der Waals surface area contributed by atoms with E-state index in [1.807, 2.05) is 51.1 Å². The Morgan fingerprint density at radius 3 is 2.60 bits per heavy atom. The minimum Gasteiger partial charge on any atom is -0.466 e. The van der Waals surface area contributed by atoms with Crippen molar-refractivity contribution in [2.75, 3.05) is 23.8 Å². The molecule has 1 aromatic carbocycles. The summed E-state index contributed by atoms with van der Waals surface area (Å²) < 4.78 is 4.96. The van der Waals surface area contributed by atoms with Crippen LogP contribution in [0.1, 0.15) is 37.9 Å². The van der Waals surface area contributed by atoms with Gasteiger partial charge < -0.3 is 15.4 Å². The summed E-state index contributed by atoms with van der Waals surface area (Å²) in [6, 6.07) is 10.0. The second-order valence-corrected chi connectivity index (χ2v) is 5.75. The quantitative estimate of drug-likeness (QED) is 0.674. The number of esters is 1. The fraction of sp³-hybridized carbons (Fsp3) is 0.421. The summed E-state index contributed by atoms with van der Waals surface area (Å²) in [5, 5.41) is 6.46. The molecule has 2 N–H and O–H groups in total. The first kappa shape index (κ1) is 18.7. The van der Waals surface area contributed by atoms with Crippen LogP contribution in [0.5, 0.6) is 0 Å². The highest BCUT2D eigenvalue weighted by atomic mass is 16.5. The highest BCUT2D eigenvalue weighted by Crippen LogP contribution is 2.17. The van der Waals surface area contributed by atoms with Crippen LogP contribution in [0, 0.1) is 6.92 Å². The van der Waals surface area contributed by atoms with Crippen LogP contribution in [0.15, 0.2) is 30.3 Å². The maximum absolute atomic E-state index is 11.5. The van der Waals surface area contributed by atoms with E-state index in [4.69, 9.17) is 4.74 Å². The number of anilines is 3. The Balaban J connectivity index is 2.06. The summed E-state index contributed by atoms with van der Waals surface area (Å²) in [5.41, 5.74) is 3.04. The summed E-state index contributed by atoms with van der Waals surface area (Å²) in [6.07, 6.45) is 1.79. The molecule has 1 heterocycles. The van der Waals surface area contributed by atoms with Gasteiger partial charge in [-0.25, -0.2) is 4.98 Å². The van der Waals surface area contributed by atoms with E-state index < -0.39 is 0 Å². The van der Waals surface area contributed by atoms with Crippen molar-refractivity contribution in [2.24, 2.45) is 0 Å². The number of aryl methyl sites for hydroxylation is 2. The van der Waals surface area contributed by atoms with Crippen LogP contribution in [0.2, 0.25) is 0 Å². The molecule has 0 atom stereocenters. The van der Waals surface area contributed by atoms with E-state index in [1.165, 1.54) is 5.56 Å². The van der Waals surface area contributed by atoms with Gasteiger partial charge in [0.1, 0.15) is 5.82 Å². The highest BCUT2D eigenvalue weighted by Gasteiger charge is 2.07. The van der Waals surface area contributed by atoms with Gasteiger partial charge in [-0.3, -0.25) is 4.79 Å². The topological polar surface area (TPSA) is 76.1 Å². The smallest absolute Gasteiger partial charge is 0.305 e. The minimum atomic E-state index is -0.165. The Morgan fingerprint density at radius 2 is 1.92 bits per heavy atom. The normalized spacial score (nSPS) is 10.4. The lowest BCUT2D eigenvalue weighted by atomic mass is 10.2. The Labute approximate surface area is 149 Å². The molecule has 6 nitrogen and oxygen atoms in total. The van der Waals surface area contributed by atoms with E-state index in [9.17, 15) is 4.79 Å². The fourth-order valence-electron chi connectivity index (χ4n) is 2.37. The molecular weight excluding hydrogens is 316 g/mol. The number of ether oxygens (including phenoxy) is 1. The lowest BCUT2D eigenvalue weighted by Crippen LogP contribution is -2.07. The lowest BCUT2D eigenvalue weighted by molar-refractivity contribution is -0.143. The summed E-state index contributed by atoms with van der Waals surface area (Å²) >= 11 is 0. The maximum Gasteiger partial charge on any atom is 0.305 e. The lowest BCUT2D eigenvalue weighted by Gasteiger charge is -2.11. The van der Waals surface area contributed by atoms with Gasteiger partial charge in [0, 0.05) is 30.4 Å². The zero-order valence-electron chi connectivity index (χ0n) is 15.1. The maximum atomic E-state index is 11.5. The molecule has 0 spiro atoms. The number of benzene rings is 1. The molecule has 2 rings (SSSR count). The highest BCUT2D eigenvalue weighted by molar-refractivity contribution is 5.69. The Morgan fingerprint density at radius 1 is 1.16 bits per heavy atom. The third kappa shape index (κ3) is 6.41. The zero-order valence-corrected chi connectivity index (χ0v) is 15.1. The number of nitrogens with one attached hydrogen (secondary N) is 2. The largest absolute Gasteiger partial charge is 0.466 e. The summed E-state index contributed by atoms with van der Waals surface area (Å²) in [6.45, 7) is 7.09. The van der Waals surface area contributed by atoms with Crippen LogP contribution in [0.3, 0.4) is 0 Å². The van der Waals surface area contributed by atoms with Gasteiger partial charge in [-0.2, -0.15) is 4.98 Å². The van der Waals surface area contributed by atoms with Gasteiger partial charge >= 0.3 is 5.97 Å². The molecule has 134 valence electrons. The number of rotatable bonds is 9. The second-order valence-electron chi connectivity index (χ2n) is 5.75. The van der Waals surface area contributed by atoms with Crippen molar-refractivity contribution < 1.29 is 9.53 Å². The molecule has 0 aliphatic rings. The van der Waals surface area contributed by atoms with Crippen LogP contribution in [0.25, 0.3) is 0 Å². The van der Waals surface area contributed by atoms with Crippen molar-refractivity contribution in [2.45, 2.75) is 40.0 Å². The molecule has 0 saturated heterocycles. The molecule has 0 radical (unpaired) electrons. The van der Waals surface area contributed by atoms with E-state index in [0.29, 0.717) is 31.8 Å². The molecule has 0 aliphatic heterocycles. The number of nitrogens with zero attached hydrogens (tertiary/aromatic N) is 2. The van der Waals surface area contributed by atoms with Crippen LogP contribution in [-0.4, -0.2) is 29.1 Å². The minimum absolute atomic E-state index is 0.165. The molecule has 0 aliphatic carbocycles. The number of hydrogen-bond acceptors (Lipinski definition) is 6. The van der Waals surface area contributed by atoms with E-state index in [2.05, 4.69) is 20.6 Å². The monoisotopic (exact) mass is 342 g/mol. The number of aromatic nitrogens is 2. The third-order valence-corrected chi connectivity index (χ3v) is 3.56. The molecule has 2 aromatic rings. The molecule has 0 fully saturated rings. The van der Waals surface area contributed by atoms with Gasteiger partial charge in [0.05, 0.1) is 6.61 Å². The van der Waals surface area contributed by atoms with E-state index >= 15 is 0 Å². The standard InChI is InChI=1S/C19H26N4O2/c1-4-20-17-13-16(7-6-8-18(24)25-5-2)22-19(23-17)21-15-11-9-14(3)10-12-15/h9-13H,4-8H2,1-3H3,(H2,20,21,22,23). The Bertz CT molecular complexity index is 686.